The van der Waals surface area contributed by atoms with E-state index in [1.165, 1.54) is 16.2 Å². The van der Waals surface area contributed by atoms with Gasteiger partial charge < -0.3 is 35.2 Å². The number of ether oxygens (including phenoxy) is 2. The fourth-order valence-electron chi connectivity index (χ4n) is 4.90. The zero-order valence-electron chi connectivity index (χ0n) is 23.4. The molecule has 3 aromatic rings. The van der Waals surface area contributed by atoms with Crippen LogP contribution in [0.1, 0.15) is 34.8 Å². The number of nitrogens with one attached hydrogen (secondary N) is 3. The maximum absolute atomic E-state index is 13.8. The van der Waals surface area contributed by atoms with Gasteiger partial charge in [-0.15, -0.1) is 11.3 Å². The van der Waals surface area contributed by atoms with Gasteiger partial charge in [-0.2, -0.15) is 0 Å². The number of aromatic nitrogens is 1. The molecule has 3 heterocycles. The molecule has 2 aromatic carbocycles. The highest BCUT2D eigenvalue weighted by Gasteiger charge is 2.40. The van der Waals surface area contributed by atoms with Gasteiger partial charge in [-0.1, -0.05) is 42.5 Å². The largest absolute Gasteiger partial charge is 0.378 e. The quantitative estimate of drug-likeness (QED) is 0.359. The summed E-state index contributed by atoms with van der Waals surface area (Å²) < 4.78 is 10.9. The standard InChI is InChI=1S/C30H32N6O6S/c37-26(31-22-10-11-22)21-8-6-19(7-9-21)23-17-43-29(32-23)34-27(38)24-16-42-18-36(24)28(39)25(20-4-2-1-3-5-20)33-30(40)35-12-14-41-15-13-35/h1-9,17,22,24-25H,10-16,18H2,(H,31,37)(H,33,40)(H,32,34,38)/t24-,25+/m0/s1. The van der Waals surface area contributed by atoms with Crippen LogP contribution in [-0.4, -0.2) is 90.3 Å². The van der Waals surface area contributed by atoms with Gasteiger partial charge in [0.05, 0.1) is 25.5 Å². The number of urea groups is 1. The van der Waals surface area contributed by atoms with E-state index in [0.29, 0.717) is 48.3 Å². The lowest BCUT2D eigenvalue weighted by Gasteiger charge is -2.31. The first-order valence-electron chi connectivity index (χ1n) is 14.2. The molecule has 12 nitrogen and oxygen atoms in total. The Morgan fingerprint density at radius 2 is 1.70 bits per heavy atom. The molecule has 0 spiro atoms. The molecule has 1 aliphatic carbocycles. The summed E-state index contributed by atoms with van der Waals surface area (Å²) in [5, 5.41) is 10.8. The lowest BCUT2D eigenvalue weighted by atomic mass is 10.0. The Morgan fingerprint density at radius 3 is 2.42 bits per heavy atom. The van der Waals surface area contributed by atoms with Crippen LogP contribution >= 0.6 is 11.3 Å². The van der Waals surface area contributed by atoms with Crippen molar-refractivity contribution in [1.82, 2.24) is 25.4 Å². The molecule has 43 heavy (non-hydrogen) atoms. The average molecular weight is 605 g/mol. The Labute approximate surface area is 252 Å². The van der Waals surface area contributed by atoms with Crippen LogP contribution in [0.25, 0.3) is 11.3 Å². The minimum absolute atomic E-state index is 0.0130. The SMILES string of the molecule is O=C(NC1CC1)c1ccc(-c2csc(NC(=O)[C@@H]3COCN3C(=O)[C@H](NC(=O)N3CCOCC3)c3ccccc3)n2)cc1. The van der Waals surface area contributed by atoms with Crippen LogP contribution in [0.3, 0.4) is 0 Å². The lowest BCUT2D eigenvalue weighted by Crippen LogP contribution is -2.52. The van der Waals surface area contributed by atoms with Gasteiger partial charge in [0.2, 0.25) is 0 Å². The maximum atomic E-state index is 13.8. The van der Waals surface area contributed by atoms with Crippen molar-refractivity contribution in [3.63, 3.8) is 0 Å². The minimum atomic E-state index is -1.01. The molecular weight excluding hydrogens is 572 g/mol. The van der Waals surface area contributed by atoms with Crippen molar-refractivity contribution in [1.29, 1.82) is 0 Å². The molecule has 1 saturated carbocycles. The van der Waals surface area contributed by atoms with Crippen LogP contribution in [0.5, 0.6) is 0 Å². The molecule has 3 N–H and O–H groups in total. The van der Waals surface area contributed by atoms with Gasteiger partial charge in [0.1, 0.15) is 18.8 Å². The predicted octanol–water partition coefficient (Wildman–Crippen LogP) is 2.61. The van der Waals surface area contributed by atoms with E-state index >= 15 is 0 Å². The summed E-state index contributed by atoms with van der Waals surface area (Å²) in [5.74, 6) is -0.977. The minimum Gasteiger partial charge on any atom is -0.378 e. The zero-order chi connectivity index (χ0) is 29.8. The monoisotopic (exact) mass is 604 g/mol. The van der Waals surface area contributed by atoms with Crippen LogP contribution in [0.15, 0.2) is 60.0 Å². The van der Waals surface area contributed by atoms with E-state index in [9.17, 15) is 19.2 Å². The van der Waals surface area contributed by atoms with Crippen molar-refractivity contribution in [3.05, 3.63) is 71.1 Å². The van der Waals surface area contributed by atoms with E-state index in [1.807, 2.05) is 23.6 Å². The molecule has 2 saturated heterocycles. The Kier molecular flexibility index (Phi) is 8.63. The number of nitrogens with zero attached hydrogens (tertiary/aromatic N) is 3. The second-order valence-corrected chi connectivity index (χ2v) is 11.4. The molecule has 1 aromatic heterocycles. The smallest absolute Gasteiger partial charge is 0.318 e. The van der Waals surface area contributed by atoms with E-state index in [1.54, 1.807) is 41.3 Å². The molecule has 2 atom stereocenters. The van der Waals surface area contributed by atoms with Crippen molar-refractivity contribution in [2.24, 2.45) is 0 Å². The van der Waals surface area contributed by atoms with Crippen LogP contribution in [0.4, 0.5) is 9.93 Å². The van der Waals surface area contributed by atoms with Crippen molar-refractivity contribution in [2.75, 3.05) is 45.0 Å². The van der Waals surface area contributed by atoms with Crippen LogP contribution in [0.2, 0.25) is 0 Å². The molecule has 3 aliphatic rings. The Hall–Kier alpha value is -4.33. The van der Waals surface area contributed by atoms with Crippen molar-refractivity contribution < 1.29 is 28.7 Å². The van der Waals surface area contributed by atoms with Crippen molar-refractivity contribution in [3.8, 4) is 11.3 Å². The highest BCUT2D eigenvalue weighted by molar-refractivity contribution is 7.14. The molecule has 6 rings (SSSR count). The van der Waals surface area contributed by atoms with Crippen LogP contribution in [-0.2, 0) is 19.1 Å². The fraction of sp³-hybridized carbons (Fsp3) is 0.367. The number of hydrogen-bond acceptors (Lipinski definition) is 8. The molecule has 0 radical (unpaired) electrons. The summed E-state index contributed by atoms with van der Waals surface area (Å²) in [6.45, 7) is 1.64. The summed E-state index contributed by atoms with van der Waals surface area (Å²) >= 11 is 1.26. The first kappa shape index (κ1) is 28.8. The number of carbonyl (C=O) groups is 4. The molecule has 3 fully saturated rings. The number of amides is 5. The van der Waals surface area contributed by atoms with E-state index in [4.69, 9.17) is 9.47 Å². The molecule has 0 bridgehead atoms. The first-order valence-corrected chi connectivity index (χ1v) is 15.1. The van der Waals surface area contributed by atoms with E-state index in [2.05, 4.69) is 20.9 Å². The number of rotatable bonds is 8. The summed E-state index contributed by atoms with van der Waals surface area (Å²) in [6, 6.07) is 14.1. The van der Waals surface area contributed by atoms with Gasteiger partial charge in [-0.25, -0.2) is 9.78 Å². The number of thiazole rings is 1. The van der Waals surface area contributed by atoms with E-state index in [0.717, 1.165) is 18.4 Å². The van der Waals surface area contributed by atoms with Gasteiger partial charge in [0.15, 0.2) is 5.13 Å². The third kappa shape index (κ3) is 6.85. The van der Waals surface area contributed by atoms with Crippen LogP contribution in [0, 0.1) is 0 Å². The van der Waals surface area contributed by atoms with Crippen molar-refractivity contribution in [2.45, 2.75) is 31.0 Å². The summed E-state index contributed by atoms with van der Waals surface area (Å²) in [6.07, 6.45) is 2.05. The number of carbonyl (C=O) groups excluding carboxylic acids is 4. The Morgan fingerprint density at radius 1 is 0.953 bits per heavy atom. The predicted molar refractivity (Wildman–Crippen MR) is 158 cm³/mol. The molecule has 224 valence electrons. The van der Waals surface area contributed by atoms with Crippen LogP contribution < -0.4 is 16.0 Å². The van der Waals surface area contributed by atoms with Crippen molar-refractivity contribution >= 4 is 40.2 Å². The molecule has 0 unspecified atom stereocenters. The van der Waals surface area contributed by atoms with Gasteiger partial charge in [-0.05, 0) is 30.5 Å². The normalized spacial score (nSPS) is 19.0. The van der Waals surface area contributed by atoms with E-state index < -0.39 is 23.9 Å². The number of benzene rings is 2. The van der Waals surface area contributed by atoms with Gasteiger partial charge in [0.25, 0.3) is 17.7 Å². The maximum Gasteiger partial charge on any atom is 0.318 e. The number of morpholine rings is 1. The number of hydrogen-bond donors (Lipinski definition) is 3. The number of anilines is 1. The third-order valence-electron chi connectivity index (χ3n) is 7.50. The highest BCUT2D eigenvalue weighted by atomic mass is 32.1. The van der Waals surface area contributed by atoms with Gasteiger partial charge in [0, 0.05) is 35.6 Å². The second kappa shape index (κ2) is 12.9. The fourth-order valence-corrected chi connectivity index (χ4v) is 5.62. The molecule has 2 aliphatic heterocycles. The molecule has 13 heteroatoms. The average Bonchev–Trinajstić information content (AvgIpc) is 3.50. The summed E-state index contributed by atoms with van der Waals surface area (Å²) in [5.41, 5.74) is 2.64. The lowest BCUT2D eigenvalue weighted by molar-refractivity contribution is -0.139. The topological polar surface area (TPSA) is 142 Å². The Balaban J connectivity index is 1.12. The third-order valence-corrected chi connectivity index (χ3v) is 8.26. The van der Waals surface area contributed by atoms with E-state index in [-0.39, 0.29) is 31.3 Å². The van der Waals surface area contributed by atoms with Gasteiger partial charge >= 0.3 is 6.03 Å². The summed E-state index contributed by atoms with van der Waals surface area (Å²) in [4.78, 5) is 60.0. The highest BCUT2D eigenvalue weighted by Crippen LogP contribution is 2.27. The molecular formula is C30H32N6O6S. The zero-order valence-corrected chi connectivity index (χ0v) is 24.2. The first-order chi connectivity index (χ1) is 21.0. The Bertz CT molecular complexity index is 1470. The second-order valence-electron chi connectivity index (χ2n) is 10.6. The summed E-state index contributed by atoms with van der Waals surface area (Å²) in [7, 11) is 0. The molecule has 5 amide bonds. The van der Waals surface area contributed by atoms with Gasteiger partial charge in [-0.3, -0.25) is 14.4 Å².